The van der Waals surface area contributed by atoms with Crippen LogP contribution in [-0.2, 0) is 0 Å². The number of hydrogen-bond donors (Lipinski definition) is 1. The lowest BCUT2D eigenvalue weighted by Gasteiger charge is -1.93. The minimum absolute atomic E-state index is 0.0124. The lowest BCUT2D eigenvalue weighted by molar-refractivity contribution is 0.101. The van der Waals surface area contributed by atoms with Crippen molar-refractivity contribution in [1.29, 1.82) is 0 Å². The molecule has 2 aromatic heterocycles. The first-order valence-corrected chi connectivity index (χ1v) is 5.53. The zero-order valence-corrected chi connectivity index (χ0v) is 9.73. The number of carbonyl (C=O) groups is 1. The summed E-state index contributed by atoms with van der Waals surface area (Å²) in [6.45, 7) is 5.65. The van der Waals surface area contributed by atoms with Crippen LogP contribution in [0.15, 0.2) is 12.3 Å². The van der Waals surface area contributed by atoms with Gasteiger partial charge in [0.25, 0.3) is 0 Å². The third-order valence-corrected chi connectivity index (χ3v) is 3.22. The first-order valence-electron chi connectivity index (χ1n) is 4.71. The number of thiophene rings is 1. The summed E-state index contributed by atoms with van der Waals surface area (Å²) >= 11 is 1.74. The standard InChI is InChI=1S/C11H12N2OS/c1-6-4-9(8(3)15-6)11-12-5-10(13-11)7(2)14/h4-5H,1-3H3,(H,12,13). The molecule has 78 valence electrons. The molecule has 0 bridgehead atoms. The van der Waals surface area contributed by atoms with E-state index in [1.807, 2.05) is 0 Å². The monoisotopic (exact) mass is 220 g/mol. The zero-order valence-electron chi connectivity index (χ0n) is 8.92. The molecule has 15 heavy (non-hydrogen) atoms. The summed E-state index contributed by atoms with van der Waals surface area (Å²) in [6, 6.07) is 2.09. The Kier molecular flexibility index (Phi) is 2.44. The van der Waals surface area contributed by atoms with Gasteiger partial charge in [0.15, 0.2) is 5.78 Å². The number of aryl methyl sites for hydroxylation is 2. The number of ketones is 1. The second kappa shape index (κ2) is 3.62. The number of nitrogens with one attached hydrogen (secondary N) is 1. The molecule has 0 spiro atoms. The fourth-order valence-electron chi connectivity index (χ4n) is 1.50. The maximum atomic E-state index is 11.1. The molecular weight excluding hydrogens is 208 g/mol. The fourth-order valence-corrected chi connectivity index (χ4v) is 2.43. The molecule has 0 aliphatic carbocycles. The van der Waals surface area contributed by atoms with Gasteiger partial charge in [-0.3, -0.25) is 4.79 Å². The van der Waals surface area contributed by atoms with Gasteiger partial charge in [0.05, 0.1) is 6.20 Å². The van der Waals surface area contributed by atoms with Crippen molar-refractivity contribution >= 4 is 17.1 Å². The minimum Gasteiger partial charge on any atom is -0.336 e. The smallest absolute Gasteiger partial charge is 0.177 e. The van der Waals surface area contributed by atoms with Crippen LogP contribution in [0.5, 0.6) is 0 Å². The Bertz CT molecular complexity index is 510. The minimum atomic E-state index is 0.0124. The molecule has 2 aromatic rings. The van der Waals surface area contributed by atoms with E-state index in [0.717, 1.165) is 11.4 Å². The van der Waals surface area contributed by atoms with Gasteiger partial charge in [0, 0.05) is 22.2 Å². The Morgan fingerprint density at radius 1 is 1.47 bits per heavy atom. The van der Waals surface area contributed by atoms with Gasteiger partial charge in [-0.2, -0.15) is 0 Å². The SMILES string of the molecule is CC(=O)c1cnc(-c2cc(C)sc2C)[nH]1. The van der Waals surface area contributed by atoms with Crippen LogP contribution in [0.25, 0.3) is 11.4 Å². The Labute approximate surface area is 92.2 Å². The van der Waals surface area contributed by atoms with Gasteiger partial charge in [0.2, 0.25) is 0 Å². The van der Waals surface area contributed by atoms with Crippen LogP contribution in [-0.4, -0.2) is 15.8 Å². The number of carbonyl (C=O) groups excluding carboxylic acids is 1. The van der Waals surface area contributed by atoms with Crippen LogP contribution in [0.3, 0.4) is 0 Å². The Hall–Kier alpha value is -1.42. The topological polar surface area (TPSA) is 45.8 Å². The van der Waals surface area contributed by atoms with Crippen LogP contribution in [0.2, 0.25) is 0 Å². The molecule has 1 N–H and O–H groups in total. The summed E-state index contributed by atoms with van der Waals surface area (Å²) in [5, 5.41) is 0. The van der Waals surface area contributed by atoms with Crippen molar-refractivity contribution < 1.29 is 4.79 Å². The van der Waals surface area contributed by atoms with Gasteiger partial charge in [-0.25, -0.2) is 4.98 Å². The molecule has 0 aliphatic rings. The maximum absolute atomic E-state index is 11.1. The first-order chi connectivity index (χ1) is 7.08. The highest BCUT2D eigenvalue weighted by atomic mass is 32.1. The highest BCUT2D eigenvalue weighted by Gasteiger charge is 2.10. The van der Waals surface area contributed by atoms with Crippen molar-refractivity contribution in [2.75, 3.05) is 0 Å². The highest BCUT2D eigenvalue weighted by molar-refractivity contribution is 7.12. The third kappa shape index (κ3) is 1.85. The Morgan fingerprint density at radius 3 is 2.67 bits per heavy atom. The molecule has 0 radical (unpaired) electrons. The number of aromatic amines is 1. The number of nitrogens with zero attached hydrogens (tertiary/aromatic N) is 1. The van der Waals surface area contributed by atoms with Crippen LogP contribution in [0.1, 0.15) is 27.2 Å². The predicted octanol–water partition coefficient (Wildman–Crippen LogP) is 2.96. The van der Waals surface area contributed by atoms with E-state index in [2.05, 4.69) is 29.9 Å². The lowest BCUT2D eigenvalue weighted by atomic mass is 10.2. The van der Waals surface area contributed by atoms with E-state index in [-0.39, 0.29) is 5.78 Å². The normalized spacial score (nSPS) is 10.6. The Morgan fingerprint density at radius 2 is 2.20 bits per heavy atom. The van der Waals surface area contributed by atoms with Gasteiger partial charge in [-0.1, -0.05) is 0 Å². The number of hydrogen-bond acceptors (Lipinski definition) is 3. The van der Waals surface area contributed by atoms with Crippen LogP contribution < -0.4 is 0 Å². The molecule has 0 amide bonds. The molecular formula is C11H12N2OS. The quantitative estimate of drug-likeness (QED) is 0.791. The number of aromatic nitrogens is 2. The van der Waals surface area contributed by atoms with E-state index >= 15 is 0 Å². The molecule has 2 rings (SSSR count). The van der Waals surface area contributed by atoms with E-state index < -0.39 is 0 Å². The van der Waals surface area contributed by atoms with E-state index in [0.29, 0.717) is 5.69 Å². The first kappa shape index (κ1) is 10.1. The molecule has 0 aromatic carbocycles. The van der Waals surface area contributed by atoms with Crippen molar-refractivity contribution in [1.82, 2.24) is 9.97 Å². The number of rotatable bonds is 2. The molecule has 0 aliphatic heterocycles. The second-order valence-corrected chi connectivity index (χ2v) is 4.99. The second-order valence-electron chi connectivity index (χ2n) is 3.53. The van der Waals surface area contributed by atoms with Crippen LogP contribution >= 0.6 is 11.3 Å². The Balaban J connectivity index is 2.45. The third-order valence-electron chi connectivity index (χ3n) is 2.25. The summed E-state index contributed by atoms with van der Waals surface area (Å²) in [4.78, 5) is 20.8. The molecule has 4 heteroatoms. The predicted molar refractivity (Wildman–Crippen MR) is 61.4 cm³/mol. The van der Waals surface area contributed by atoms with E-state index in [1.54, 1.807) is 17.5 Å². The average molecular weight is 220 g/mol. The molecule has 2 heterocycles. The lowest BCUT2D eigenvalue weighted by Crippen LogP contribution is -1.91. The summed E-state index contributed by atoms with van der Waals surface area (Å²) in [7, 11) is 0. The highest BCUT2D eigenvalue weighted by Crippen LogP contribution is 2.28. The van der Waals surface area contributed by atoms with Crippen molar-refractivity contribution in [2.24, 2.45) is 0 Å². The van der Waals surface area contributed by atoms with Crippen molar-refractivity contribution in [3.8, 4) is 11.4 Å². The van der Waals surface area contributed by atoms with Gasteiger partial charge >= 0.3 is 0 Å². The van der Waals surface area contributed by atoms with Crippen molar-refractivity contribution in [3.05, 3.63) is 27.7 Å². The summed E-state index contributed by atoms with van der Waals surface area (Å²) in [5.41, 5.74) is 1.65. The number of Topliss-reactive ketones (excluding diaryl/α,β-unsaturated/α-hetero) is 1. The average Bonchev–Trinajstić information content (AvgIpc) is 2.71. The molecule has 0 atom stereocenters. The summed E-state index contributed by atoms with van der Waals surface area (Å²) in [5.74, 6) is 0.792. The van der Waals surface area contributed by atoms with Crippen molar-refractivity contribution in [3.63, 3.8) is 0 Å². The summed E-state index contributed by atoms with van der Waals surface area (Å²) in [6.07, 6.45) is 1.59. The van der Waals surface area contributed by atoms with E-state index in [1.165, 1.54) is 16.7 Å². The molecule has 3 nitrogen and oxygen atoms in total. The van der Waals surface area contributed by atoms with Gasteiger partial charge in [-0.05, 0) is 19.9 Å². The maximum Gasteiger partial charge on any atom is 0.177 e. The molecule has 0 saturated heterocycles. The van der Waals surface area contributed by atoms with E-state index in [4.69, 9.17) is 0 Å². The zero-order chi connectivity index (χ0) is 11.0. The number of H-pyrrole nitrogens is 1. The van der Waals surface area contributed by atoms with Gasteiger partial charge in [-0.15, -0.1) is 11.3 Å². The van der Waals surface area contributed by atoms with Crippen LogP contribution in [0.4, 0.5) is 0 Å². The summed E-state index contributed by atoms with van der Waals surface area (Å²) < 4.78 is 0. The van der Waals surface area contributed by atoms with Gasteiger partial charge in [0.1, 0.15) is 11.5 Å². The van der Waals surface area contributed by atoms with Crippen molar-refractivity contribution in [2.45, 2.75) is 20.8 Å². The van der Waals surface area contributed by atoms with E-state index in [9.17, 15) is 4.79 Å². The molecule has 0 unspecified atom stereocenters. The van der Waals surface area contributed by atoms with Gasteiger partial charge < -0.3 is 4.98 Å². The molecule has 0 fully saturated rings. The largest absolute Gasteiger partial charge is 0.336 e. The molecule has 0 saturated carbocycles. The van der Waals surface area contributed by atoms with Crippen LogP contribution in [0, 0.1) is 13.8 Å². The fraction of sp³-hybridized carbons (Fsp3) is 0.273. The number of imidazole rings is 1.